The highest BCUT2D eigenvalue weighted by Gasteiger charge is 2.57. The molecule has 0 spiro atoms. The van der Waals surface area contributed by atoms with Crippen LogP contribution in [0.5, 0.6) is 0 Å². The number of aryl methyl sites for hydroxylation is 1. The van der Waals surface area contributed by atoms with Gasteiger partial charge in [-0.1, -0.05) is 11.6 Å². The SMILES string of the molecule is CC(Nc1ccc(Cl)nc1C(=O)NS(C)=O)c1cc(C(F)(F)F)cc2c(=O)n(C)c(N3CC4C(C3)C4c3ccn(C)n3)nc12. The van der Waals surface area contributed by atoms with Crippen LogP contribution in [0.15, 0.2) is 41.3 Å². The molecule has 1 aliphatic heterocycles. The summed E-state index contributed by atoms with van der Waals surface area (Å²) in [5.74, 6) is 0.571. The number of hydrogen-bond donors (Lipinski definition) is 2. The minimum Gasteiger partial charge on any atom is -0.377 e. The number of anilines is 2. The van der Waals surface area contributed by atoms with E-state index in [1.165, 1.54) is 30.0 Å². The predicted molar refractivity (Wildman–Crippen MR) is 160 cm³/mol. The number of halogens is 4. The normalized spacial score (nSPS) is 20.8. The highest BCUT2D eigenvalue weighted by molar-refractivity contribution is 7.82. The molecule has 11 nitrogen and oxygen atoms in total. The summed E-state index contributed by atoms with van der Waals surface area (Å²) in [4.78, 5) is 37.0. The number of pyridine rings is 1. The lowest BCUT2D eigenvalue weighted by Crippen LogP contribution is -2.32. The number of carbonyl (C=O) groups excluding carboxylic acids is 1. The summed E-state index contributed by atoms with van der Waals surface area (Å²) in [5, 5.41) is 7.36. The number of aromatic nitrogens is 5. The average Bonchev–Trinajstić information content (AvgIpc) is 3.23. The lowest BCUT2D eigenvalue weighted by Gasteiger charge is -2.25. The molecule has 2 N–H and O–H groups in total. The summed E-state index contributed by atoms with van der Waals surface area (Å²) in [6, 6.07) is 5.75. The van der Waals surface area contributed by atoms with Crippen molar-refractivity contribution in [2.45, 2.75) is 25.1 Å². The summed E-state index contributed by atoms with van der Waals surface area (Å²) < 4.78 is 59.0. The number of alkyl halides is 3. The Morgan fingerprint density at radius 2 is 1.84 bits per heavy atom. The summed E-state index contributed by atoms with van der Waals surface area (Å²) in [7, 11) is 1.67. The summed E-state index contributed by atoms with van der Waals surface area (Å²) in [6.07, 6.45) is -1.57. The van der Waals surface area contributed by atoms with E-state index in [0.29, 0.717) is 36.8 Å². The molecule has 16 heteroatoms. The third kappa shape index (κ3) is 5.42. The monoisotopic (exact) mass is 648 g/mol. The molecule has 1 aromatic carbocycles. The van der Waals surface area contributed by atoms with Crippen molar-refractivity contribution < 1.29 is 22.2 Å². The molecule has 0 bridgehead atoms. The number of piperidine rings is 1. The first-order valence-corrected chi connectivity index (χ1v) is 15.6. The van der Waals surface area contributed by atoms with Gasteiger partial charge in [-0.2, -0.15) is 18.3 Å². The zero-order valence-electron chi connectivity index (χ0n) is 24.0. The minimum absolute atomic E-state index is 0.0106. The Labute approximate surface area is 257 Å². The molecule has 0 radical (unpaired) electrons. The van der Waals surface area contributed by atoms with Gasteiger partial charge in [0.15, 0.2) is 5.69 Å². The van der Waals surface area contributed by atoms with Gasteiger partial charge in [-0.25, -0.2) is 14.2 Å². The van der Waals surface area contributed by atoms with Gasteiger partial charge in [-0.05, 0) is 49.1 Å². The van der Waals surface area contributed by atoms with Crippen LogP contribution >= 0.6 is 11.6 Å². The lowest BCUT2D eigenvalue weighted by molar-refractivity contribution is -0.137. The first-order valence-electron chi connectivity index (χ1n) is 13.7. The van der Waals surface area contributed by atoms with Crippen LogP contribution in [-0.4, -0.2) is 53.8 Å². The average molecular weight is 649 g/mol. The van der Waals surface area contributed by atoms with E-state index < -0.39 is 40.2 Å². The van der Waals surface area contributed by atoms with Gasteiger partial charge in [0.25, 0.3) is 11.5 Å². The van der Waals surface area contributed by atoms with E-state index >= 15 is 0 Å². The van der Waals surface area contributed by atoms with Crippen LogP contribution in [0.25, 0.3) is 10.9 Å². The van der Waals surface area contributed by atoms with Gasteiger partial charge in [0.05, 0.1) is 33.9 Å². The number of nitrogens with zero attached hydrogens (tertiary/aromatic N) is 6. The second kappa shape index (κ2) is 10.9. The van der Waals surface area contributed by atoms with Crippen molar-refractivity contribution in [1.82, 2.24) is 29.0 Å². The van der Waals surface area contributed by atoms with E-state index in [9.17, 15) is 27.0 Å². The molecule has 1 saturated heterocycles. The van der Waals surface area contributed by atoms with Crippen LogP contribution in [-0.2, 0) is 31.3 Å². The molecule has 44 heavy (non-hydrogen) atoms. The van der Waals surface area contributed by atoms with Crippen LogP contribution in [0.1, 0.15) is 46.2 Å². The number of fused-ring (bicyclic) bond motifs is 2. The van der Waals surface area contributed by atoms with Gasteiger partial charge in [0.2, 0.25) is 5.95 Å². The third-order valence-corrected chi connectivity index (χ3v) is 8.90. The maximum atomic E-state index is 14.0. The molecule has 4 heterocycles. The summed E-state index contributed by atoms with van der Waals surface area (Å²) >= 11 is 5.99. The van der Waals surface area contributed by atoms with E-state index in [2.05, 4.69) is 20.1 Å². The molecule has 1 amide bonds. The Hall–Kier alpha value is -3.98. The van der Waals surface area contributed by atoms with Gasteiger partial charge < -0.3 is 10.2 Å². The maximum absolute atomic E-state index is 14.0. The zero-order chi connectivity index (χ0) is 31.7. The van der Waals surface area contributed by atoms with Crippen LogP contribution in [0.3, 0.4) is 0 Å². The quantitative estimate of drug-likeness (QED) is 0.290. The number of hydrogen-bond acceptors (Lipinski definition) is 8. The third-order valence-electron chi connectivity index (χ3n) is 8.22. The smallest absolute Gasteiger partial charge is 0.377 e. The van der Waals surface area contributed by atoms with Crippen molar-refractivity contribution >= 4 is 51.0 Å². The van der Waals surface area contributed by atoms with Crippen molar-refractivity contribution in [1.29, 1.82) is 0 Å². The number of amides is 1. The molecule has 1 saturated carbocycles. The molecule has 2 aliphatic rings. The number of benzene rings is 1. The highest BCUT2D eigenvalue weighted by Crippen LogP contribution is 2.58. The van der Waals surface area contributed by atoms with Crippen LogP contribution < -0.4 is 20.5 Å². The van der Waals surface area contributed by atoms with Crippen LogP contribution in [0.2, 0.25) is 5.15 Å². The molecule has 232 valence electrons. The van der Waals surface area contributed by atoms with Crippen molar-refractivity contribution in [2.75, 3.05) is 29.6 Å². The van der Waals surface area contributed by atoms with Crippen molar-refractivity contribution in [3.8, 4) is 0 Å². The molecule has 1 aliphatic carbocycles. The van der Waals surface area contributed by atoms with Crippen molar-refractivity contribution in [3.63, 3.8) is 0 Å². The Bertz CT molecular complexity index is 1880. The van der Waals surface area contributed by atoms with E-state index in [1.54, 1.807) is 11.6 Å². The Kier molecular flexibility index (Phi) is 7.43. The highest BCUT2D eigenvalue weighted by atomic mass is 35.5. The van der Waals surface area contributed by atoms with Gasteiger partial charge in [0, 0.05) is 51.1 Å². The fourth-order valence-corrected chi connectivity index (χ4v) is 6.63. The van der Waals surface area contributed by atoms with E-state index in [4.69, 9.17) is 16.6 Å². The van der Waals surface area contributed by atoms with Crippen molar-refractivity contribution in [2.24, 2.45) is 25.9 Å². The number of rotatable bonds is 7. The standard InChI is InChI=1S/C28H28ClF3N8O3S/c1-13(33-20-5-6-21(29)34-24(20)25(41)37-44(4)43)15-9-14(28(30,31)32)10-16-23(15)35-27(39(3)26(16)42)40-11-17-18(12-40)22(17)19-7-8-38(2)36-19/h5-10,13,17-18,22,33H,11-12H2,1-4H3,(H,37,41). The van der Waals surface area contributed by atoms with Gasteiger partial charge in [-0.3, -0.25) is 23.6 Å². The first kappa shape index (κ1) is 30.1. The zero-order valence-corrected chi connectivity index (χ0v) is 25.6. The fraction of sp³-hybridized carbons (Fsp3) is 0.393. The van der Waals surface area contributed by atoms with Crippen LogP contribution in [0.4, 0.5) is 24.8 Å². The molecular formula is C28H28ClF3N8O3S. The number of nitrogens with one attached hydrogen (secondary N) is 2. The summed E-state index contributed by atoms with van der Waals surface area (Å²) in [5.41, 5.74) is -0.428. The Morgan fingerprint density at radius 3 is 2.45 bits per heavy atom. The number of carbonyl (C=O) groups is 1. The molecule has 4 unspecified atom stereocenters. The Morgan fingerprint density at radius 1 is 1.14 bits per heavy atom. The topological polar surface area (TPSA) is 127 Å². The minimum atomic E-state index is -4.73. The van der Waals surface area contributed by atoms with Gasteiger partial charge in [0.1, 0.15) is 16.1 Å². The van der Waals surface area contributed by atoms with Crippen molar-refractivity contribution in [3.05, 3.63) is 74.6 Å². The molecular weight excluding hydrogens is 621 g/mol. The van der Waals surface area contributed by atoms with Gasteiger partial charge >= 0.3 is 6.18 Å². The fourth-order valence-electron chi connectivity index (χ4n) is 6.12. The van der Waals surface area contributed by atoms with E-state index in [-0.39, 0.29) is 33.0 Å². The molecule has 4 atom stereocenters. The first-order chi connectivity index (χ1) is 20.7. The van der Waals surface area contributed by atoms with Crippen LogP contribution in [0, 0.1) is 11.8 Å². The second-order valence-electron chi connectivity index (χ2n) is 11.2. The molecule has 3 aromatic heterocycles. The van der Waals surface area contributed by atoms with Gasteiger partial charge in [-0.15, -0.1) is 0 Å². The maximum Gasteiger partial charge on any atom is 0.416 e. The van der Waals surface area contributed by atoms with E-state index in [1.807, 2.05) is 24.2 Å². The molecule has 6 rings (SSSR count). The molecule has 2 fully saturated rings. The van der Waals surface area contributed by atoms with E-state index in [0.717, 1.165) is 17.8 Å². The second-order valence-corrected chi connectivity index (χ2v) is 12.7. The predicted octanol–water partition coefficient (Wildman–Crippen LogP) is 3.78. The molecule has 4 aromatic rings. The largest absolute Gasteiger partial charge is 0.416 e. The summed E-state index contributed by atoms with van der Waals surface area (Å²) in [6.45, 7) is 2.86. The lowest BCUT2D eigenvalue weighted by atomic mass is 10.00. The Balaban J connectivity index is 1.39.